The maximum absolute atomic E-state index is 12.0. The molecule has 3 fully saturated rings. The number of nitrogens with one attached hydrogen (secondary N) is 1. The van der Waals surface area contributed by atoms with Crippen molar-refractivity contribution in [3.8, 4) is 0 Å². The van der Waals surface area contributed by atoms with Crippen molar-refractivity contribution < 1.29 is 8.42 Å². The zero-order chi connectivity index (χ0) is 22.1. The number of aryl methyl sites for hydroxylation is 1. The molecule has 4 aliphatic rings. The Hall–Kier alpha value is -1.99. The predicted octanol–water partition coefficient (Wildman–Crippen LogP) is 3.50. The summed E-state index contributed by atoms with van der Waals surface area (Å²) in [6.07, 6.45) is 12.7. The van der Waals surface area contributed by atoms with Crippen LogP contribution >= 0.6 is 0 Å². The van der Waals surface area contributed by atoms with Gasteiger partial charge in [-0.15, -0.1) is 0 Å². The van der Waals surface area contributed by atoms with Crippen LogP contribution in [0.25, 0.3) is 10.9 Å². The Bertz CT molecular complexity index is 1200. The summed E-state index contributed by atoms with van der Waals surface area (Å²) in [4.78, 5) is 12.0. The van der Waals surface area contributed by atoms with Crippen molar-refractivity contribution in [2.45, 2.75) is 50.0 Å². The summed E-state index contributed by atoms with van der Waals surface area (Å²) in [5, 5.41) is 4.79. The lowest BCUT2D eigenvalue weighted by Crippen LogP contribution is -2.44. The van der Waals surface area contributed by atoms with E-state index in [0.29, 0.717) is 27.8 Å². The molecule has 1 N–H and O–H groups in total. The molecular weight excluding hydrogens is 420 g/mol. The van der Waals surface area contributed by atoms with Crippen LogP contribution in [0.5, 0.6) is 0 Å². The van der Waals surface area contributed by atoms with Gasteiger partial charge in [-0.05, 0) is 86.9 Å². The van der Waals surface area contributed by atoms with Crippen LogP contribution in [-0.4, -0.2) is 50.3 Å². The molecule has 170 valence electrons. The third-order valence-electron chi connectivity index (χ3n) is 8.57. The van der Waals surface area contributed by atoms with E-state index in [1.807, 2.05) is 13.0 Å². The molecule has 1 spiro atoms. The van der Waals surface area contributed by atoms with Gasteiger partial charge in [-0.25, -0.2) is 18.4 Å². The van der Waals surface area contributed by atoms with Crippen LogP contribution in [0.3, 0.4) is 0 Å². The molecular formula is C25H32N4O2S. The normalized spacial score (nSPS) is 28.8. The molecule has 0 unspecified atom stereocenters. The van der Waals surface area contributed by atoms with Crippen LogP contribution in [0.4, 0.5) is 5.95 Å². The molecule has 0 radical (unpaired) electrons. The van der Waals surface area contributed by atoms with E-state index in [9.17, 15) is 8.42 Å². The Morgan fingerprint density at radius 2 is 1.94 bits per heavy atom. The summed E-state index contributed by atoms with van der Waals surface area (Å²) < 4.78 is 23.9. The minimum atomic E-state index is -3.26. The van der Waals surface area contributed by atoms with Crippen LogP contribution in [-0.2, 0) is 9.84 Å². The maximum atomic E-state index is 12.0. The number of hydrogen-bond donors (Lipinski definition) is 1. The van der Waals surface area contributed by atoms with Crippen molar-refractivity contribution in [2.24, 2.45) is 23.2 Å². The number of hydrogen-bond acceptors (Lipinski definition) is 6. The molecule has 1 saturated heterocycles. The minimum Gasteiger partial charge on any atom is -0.341 e. The van der Waals surface area contributed by atoms with Gasteiger partial charge >= 0.3 is 0 Å². The average molecular weight is 453 g/mol. The van der Waals surface area contributed by atoms with E-state index in [1.54, 1.807) is 12.1 Å². The van der Waals surface area contributed by atoms with E-state index >= 15 is 0 Å². The Morgan fingerprint density at radius 3 is 2.62 bits per heavy atom. The van der Waals surface area contributed by atoms with Crippen molar-refractivity contribution in [1.29, 1.82) is 0 Å². The standard InChI is InChI=1S/C25H32N4O2S/c1-16-21-5-4-20(32(2,30)31)14-23(21)28-24(27-16)29-11-7-19(8-12-29)26-15-17-13-18-3-6-22(17)25(18)9-10-25/h3-6,14,17-19,22,26H,7-13,15H2,1-2H3/t17-,18-,22-/m0/s1. The molecule has 1 aliphatic heterocycles. The van der Waals surface area contributed by atoms with E-state index in [4.69, 9.17) is 9.97 Å². The van der Waals surface area contributed by atoms with Crippen molar-refractivity contribution in [2.75, 3.05) is 30.8 Å². The lowest BCUT2D eigenvalue weighted by atomic mass is 9.88. The second-order valence-electron chi connectivity index (χ2n) is 10.5. The zero-order valence-corrected chi connectivity index (χ0v) is 19.7. The lowest BCUT2D eigenvalue weighted by Gasteiger charge is -2.34. The lowest BCUT2D eigenvalue weighted by molar-refractivity contribution is 0.322. The van der Waals surface area contributed by atoms with E-state index < -0.39 is 9.84 Å². The minimum absolute atomic E-state index is 0.306. The van der Waals surface area contributed by atoms with Gasteiger partial charge in [-0.2, -0.15) is 0 Å². The fourth-order valence-corrected chi connectivity index (χ4v) is 7.22. The summed E-state index contributed by atoms with van der Waals surface area (Å²) in [7, 11) is -3.26. The third kappa shape index (κ3) is 3.36. The summed E-state index contributed by atoms with van der Waals surface area (Å²) >= 11 is 0. The van der Waals surface area contributed by atoms with E-state index in [-0.39, 0.29) is 0 Å². The number of piperidine rings is 1. The second kappa shape index (κ2) is 7.26. The molecule has 1 aromatic carbocycles. The third-order valence-corrected chi connectivity index (χ3v) is 9.68. The van der Waals surface area contributed by atoms with Gasteiger partial charge in [0.25, 0.3) is 0 Å². The Kier molecular flexibility index (Phi) is 4.67. The van der Waals surface area contributed by atoms with Crippen LogP contribution in [0.2, 0.25) is 0 Å². The molecule has 1 aromatic heterocycles. The highest BCUT2D eigenvalue weighted by Gasteiger charge is 2.62. The summed E-state index contributed by atoms with van der Waals surface area (Å²) in [6.45, 7) is 4.97. The van der Waals surface area contributed by atoms with Crippen LogP contribution in [0, 0.1) is 30.1 Å². The number of sulfone groups is 1. The quantitative estimate of drug-likeness (QED) is 0.700. The fourth-order valence-electron chi connectivity index (χ4n) is 6.58. The predicted molar refractivity (Wildman–Crippen MR) is 127 cm³/mol. The molecule has 2 saturated carbocycles. The molecule has 2 bridgehead atoms. The molecule has 6 rings (SSSR count). The van der Waals surface area contributed by atoms with Gasteiger partial charge in [0.05, 0.1) is 16.1 Å². The highest BCUT2D eigenvalue weighted by molar-refractivity contribution is 7.90. The zero-order valence-electron chi connectivity index (χ0n) is 18.9. The first-order valence-corrected chi connectivity index (χ1v) is 13.9. The molecule has 7 heteroatoms. The number of aromatic nitrogens is 2. The summed E-state index contributed by atoms with van der Waals surface area (Å²) in [5.74, 6) is 3.22. The van der Waals surface area contributed by atoms with Crippen molar-refractivity contribution >= 4 is 26.7 Å². The van der Waals surface area contributed by atoms with Crippen molar-refractivity contribution in [1.82, 2.24) is 15.3 Å². The maximum Gasteiger partial charge on any atom is 0.226 e. The first-order valence-electron chi connectivity index (χ1n) is 12.0. The van der Waals surface area contributed by atoms with E-state index in [0.717, 1.165) is 61.3 Å². The van der Waals surface area contributed by atoms with Crippen molar-refractivity contribution in [3.63, 3.8) is 0 Å². The molecule has 6 nitrogen and oxygen atoms in total. The van der Waals surface area contributed by atoms with Crippen molar-refractivity contribution in [3.05, 3.63) is 36.0 Å². The highest BCUT2D eigenvalue weighted by atomic mass is 32.2. The number of benzene rings is 1. The van der Waals surface area contributed by atoms with Gasteiger partial charge in [0.2, 0.25) is 5.95 Å². The molecule has 3 aliphatic carbocycles. The molecule has 3 atom stereocenters. The van der Waals surface area contributed by atoms with E-state index in [2.05, 4.69) is 22.4 Å². The first-order chi connectivity index (χ1) is 15.3. The van der Waals surface area contributed by atoms with Gasteiger partial charge in [0.1, 0.15) is 0 Å². The number of rotatable bonds is 5. The van der Waals surface area contributed by atoms with Crippen LogP contribution in [0.15, 0.2) is 35.2 Å². The van der Waals surface area contributed by atoms with Crippen LogP contribution < -0.4 is 10.2 Å². The Morgan fingerprint density at radius 1 is 1.16 bits per heavy atom. The topological polar surface area (TPSA) is 75.2 Å². The molecule has 0 amide bonds. The largest absolute Gasteiger partial charge is 0.341 e. The molecule has 32 heavy (non-hydrogen) atoms. The fraction of sp³-hybridized carbons (Fsp3) is 0.600. The SMILES string of the molecule is Cc1nc(N2CCC(NC[C@@H]3C[C@@H]4C=C[C@@H]3C43CC3)CC2)nc2cc(S(C)(=O)=O)ccc12. The first kappa shape index (κ1) is 20.6. The van der Waals surface area contributed by atoms with Gasteiger partial charge in [0.15, 0.2) is 9.84 Å². The number of fused-ring (bicyclic) bond motifs is 1. The monoisotopic (exact) mass is 452 g/mol. The molecule has 2 heterocycles. The smallest absolute Gasteiger partial charge is 0.226 e. The number of allylic oxidation sites excluding steroid dienone is 2. The summed E-state index contributed by atoms with van der Waals surface area (Å²) in [6, 6.07) is 5.69. The Balaban J connectivity index is 1.10. The summed E-state index contributed by atoms with van der Waals surface area (Å²) in [5.41, 5.74) is 2.27. The highest BCUT2D eigenvalue weighted by Crippen LogP contribution is 2.69. The van der Waals surface area contributed by atoms with Gasteiger partial charge < -0.3 is 10.2 Å². The van der Waals surface area contributed by atoms with Gasteiger partial charge in [-0.3, -0.25) is 0 Å². The van der Waals surface area contributed by atoms with Crippen LogP contribution in [0.1, 0.15) is 37.8 Å². The second-order valence-corrected chi connectivity index (χ2v) is 12.5. The Labute approximate surface area is 190 Å². The number of anilines is 1. The molecule has 2 aromatic rings. The van der Waals surface area contributed by atoms with Gasteiger partial charge in [-0.1, -0.05) is 12.2 Å². The van der Waals surface area contributed by atoms with Gasteiger partial charge in [0, 0.05) is 30.8 Å². The van der Waals surface area contributed by atoms with E-state index in [1.165, 1.54) is 25.5 Å². The average Bonchev–Trinajstić information content (AvgIpc) is 3.44. The number of nitrogens with zero attached hydrogens (tertiary/aromatic N) is 3.